The zero-order valence-corrected chi connectivity index (χ0v) is 37.7. The largest absolute Gasteiger partial charge is 0.508 e. The number of aromatic hydroxyl groups is 1. The van der Waals surface area contributed by atoms with Gasteiger partial charge in [0.05, 0.1) is 12.9 Å². The second-order valence-corrected chi connectivity index (χ2v) is 16.6. The van der Waals surface area contributed by atoms with Crippen LogP contribution in [-0.4, -0.2) is 147 Å². The summed E-state index contributed by atoms with van der Waals surface area (Å²) in [6.45, 7) is 8.27. The van der Waals surface area contributed by atoms with Crippen molar-refractivity contribution in [2.24, 2.45) is 28.3 Å². The van der Waals surface area contributed by atoms with E-state index in [-0.39, 0.29) is 57.0 Å². The molecular formula is C42H65N13O10. The minimum atomic E-state index is -1.34. The summed E-state index contributed by atoms with van der Waals surface area (Å²) < 4.78 is 0. The van der Waals surface area contributed by atoms with Crippen molar-refractivity contribution in [3.63, 3.8) is 0 Å². The van der Waals surface area contributed by atoms with Crippen LogP contribution in [0.4, 0.5) is 0 Å². The zero-order chi connectivity index (χ0) is 48.4. The molecule has 1 aliphatic rings. The maximum absolute atomic E-state index is 14.3. The van der Waals surface area contributed by atoms with E-state index in [2.05, 4.69) is 52.2 Å². The fraction of sp³-hybridized carbons (Fsp3) is 0.571. The molecule has 0 radical (unpaired) electrons. The molecule has 1 aromatic heterocycles. The van der Waals surface area contributed by atoms with Crippen LogP contribution in [0.25, 0.3) is 0 Å². The number of rotatable bonds is 25. The molecule has 0 spiro atoms. The summed E-state index contributed by atoms with van der Waals surface area (Å²) in [5.74, 6) is -7.20. The first kappa shape index (κ1) is 52.6. The van der Waals surface area contributed by atoms with Crippen LogP contribution >= 0.6 is 0 Å². The van der Waals surface area contributed by atoms with Gasteiger partial charge >= 0.3 is 5.97 Å². The summed E-state index contributed by atoms with van der Waals surface area (Å²) >= 11 is 0. The fourth-order valence-corrected chi connectivity index (χ4v) is 7.05. The first-order chi connectivity index (χ1) is 30.7. The van der Waals surface area contributed by atoms with Crippen molar-refractivity contribution in [2.75, 3.05) is 26.7 Å². The van der Waals surface area contributed by atoms with Crippen LogP contribution in [0.2, 0.25) is 0 Å². The Labute approximate surface area is 377 Å². The Bertz CT molecular complexity index is 1970. The first-order valence-corrected chi connectivity index (χ1v) is 21.5. The summed E-state index contributed by atoms with van der Waals surface area (Å²) in [5, 5.41) is 37.9. The SMILES string of the molecule is CNCC(=O)N[C@@H](CCCN=C(N)N)C(=O)N[C@H](C(=O)N[C@@H](Cc1ccc(O)cc1)C(=O)N[C@H](C(=O)N[C@@H](Cc1cnc[nH]1)C(=O)N1CCCC1C(=O)N[C@@H](C)C(=O)O)C(C)C)C(C)C. The average Bonchev–Trinajstić information content (AvgIpc) is 3.95. The predicted molar refractivity (Wildman–Crippen MR) is 237 cm³/mol. The summed E-state index contributed by atoms with van der Waals surface area (Å²) in [5.41, 5.74) is 11.9. The highest BCUT2D eigenvalue weighted by molar-refractivity contribution is 5.98. The highest BCUT2D eigenvalue weighted by Crippen LogP contribution is 2.20. The van der Waals surface area contributed by atoms with Gasteiger partial charge in [-0.25, -0.2) is 4.98 Å². The zero-order valence-electron chi connectivity index (χ0n) is 37.7. The molecule has 14 N–H and O–H groups in total. The Morgan fingerprint density at radius 2 is 1.42 bits per heavy atom. The second kappa shape index (κ2) is 25.5. The number of guanidine groups is 1. The normalized spacial score (nSPS) is 16.2. The van der Waals surface area contributed by atoms with E-state index in [1.807, 2.05) is 0 Å². The van der Waals surface area contributed by atoms with Gasteiger partial charge in [0.1, 0.15) is 48.0 Å². The number of carbonyl (C=O) groups excluding carboxylic acids is 7. The average molecular weight is 912 g/mol. The van der Waals surface area contributed by atoms with E-state index in [0.29, 0.717) is 24.1 Å². The Morgan fingerprint density at radius 1 is 0.815 bits per heavy atom. The van der Waals surface area contributed by atoms with Crippen LogP contribution in [-0.2, 0) is 51.2 Å². The third-order valence-corrected chi connectivity index (χ3v) is 10.6. The number of likely N-dealkylation sites (tertiary alicyclic amines) is 1. The van der Waals surface area contributed by atoms with E-state index in [9.17, 15) is 48.6 Å². The van der Waals surface area contributed by atoms with Gasteiger partial charge < -0.3 is 68.8 Å². The Morgan fingerprint density at radius 3 is 1.95 bits per heavy atom. The van der Waals surface area contributed by atoms with E-state index in [0.717, 1.165) is 0 Å². The van der Waals surface area contributed by atoms with Crippen molar-refractivity contribution in [1.29, 1.82) is 0 Å². The molecule has 23 nitrogen and oxygen atoms in total. The number of nitrogens with one attached hydrogen (secondary N) is 8. The lowest BCUT2D eigenvalue weighted by atomic mass is 9.98. The third-order valence-electron chi connectivity index (χ3n) is 10.6. The number of aromatic amines is 1. The number of phenols is 1. The molecule has 1 fully saturated rings. The van der Waals surface area contributed by atoms with Crippen molar-refractivity contribution in [1.82, 2.24) is 52.1 Å². The van der Waals surface area contributed by atoms with Crippen molar-refractivity contribution in [3.8, 4) is 5.75 Å². The quantitative estimate of drug-likeness (QED) is 0.0278. The second-order valence-electron chi connectivity index (χ2n) is 16.6. The van der Waals surface area contributed by atoms with E-state index in [4.69, 9.17) is 11.5 Å². The molecule has 358 valence electrons. The number of benzene rings is 1. The number of aromatic nitrogens is 2. The minimum Gasteiger partial charge on any atom is -0.508 e. The van der Waals surface area contributed by atoms with Crippen LogP contribution in [0.5, 0.6) is 5.75 Å². The molecule has 1 aliphatic heterocycles. The topological polar surface area (TPSA) is 358 Å². The molecule has 23 heteroatoms. The van der Waals surface area contributed by atoms with Crippen LogP contribution < -0.4 is 48.7 Å². The number of carbonyl (C=O) groups is 8. The summed E-state index contributed by atoms with van der Waals surface area (Å²) in [6.07, 6.45) is 3.84. The number of carboxylic acids is 1. The molecule has 2 aromatic rings. The van der Waals surface area contributed by atoms with Gasteiger partial charge in [0.25, 0.3) is 0 Å². The molecule has 7 atom stereocenters. The van der Waals surface area contributed by atoms with Gasteiger partial charge in [-0.2, -0.15) is 0 Å². The lowest BCUT2D eigenvalue weighted by Crippen LogP contribution is -2.61. The third kappa shape index (κ3) is 16.7. The number of hydrogen-bond donors (Lipinski definition) is 12. The maximum Gasteiger partial charge on any atom is 0.325 e. The van der Waals surface area contributed by atoms with Crippen LogP contribution in [0.1, 0.15) is 71.6 Å². The van der Waals surface area contributed by atoms with Crippen molar-refractivity contribution >= 4 is 53.3 Å². The standard InChI is InChI=1S/C42H65N13O10/c1-22(2)33(53-35(58)28(50-32(57)20-45-6)9-7-15-47-42(43)44)38(61)51-29(17-25-11-13-27(56)14-12-25)36(59)54-34(23(3)4)39(62)52-30(18-26-19-46-21-48-26)40(63)55-16-8-10-31(55)37(60)49-24(5)41(64)65/h11-14,19,21-24,28-31,33-34,45,56H,7-10,15-18,20H2,1-6H3,(H,46,48)(H,49,60)(H,50,57)(H,51,61)(H,52,62)(H,53,58)(H,54,59)(H,64,65)(H4,43,44,47)/t24-,28-,29-,30-,31?,33-,34-/m0/s1. The highest BCUT2D eigenvalue weighted by Gasteiger charge is 2.40. The minimum absolute atomic E-state index is 0.0393. The number of carboxylic acid groups (broad SMARTS) is 1. The molecule has 2 heterocycles. The number of amides is 7. The molecule has 1 saturated heterocycles. The van der Waals surface area contributed by atoms with Crippen LogP contribution in [0, 0.1) is 11.8 Å². The van der Waals surface area contributed by atoms with Gasteiger partial charge in [0.15, 0.2) is 5.96 Å². The molecule has 0 aliphatic carbocycles. The predicted octanol–water partition coefficient (Wildman–Crippen LogP) is -2.51. The van der Waals surface area contributed by atoms with Gasteiger partial charge in [-0.3, -0.25) is 43.3 Å². The van der Waals surface area contributed by atoms with Gasteiger partial charge in [-0.05, 0) is 69.2 Å². The lowest BCUT2D eigenvalue weighted by molar-refractivity contribution is -0.144. The number of phenolic OH excluding ortho intramolecular Hbond substituents is 1. The molecule has 1 unspecified atom stereocenters. The van der Waals surface area contributed by atoms with E-state index >= 15 is 0 Å². The van der Waals surface area contributed by atoms with Crippen LogP contribution in [0.3, 0.4) is 0 Å². The van der Waals surface area contributed by atoms with Gasteiger partial charge in [-0.15, -0.1) is 0 Å². The Balaban J connectivity index is 1.88. The smallest absolute Gasteiger partial charge is 0.325 e. The molecule has 0 bridgehead atoms. The van der Waals surface area contributed by atoms with Gasteiger partial charge in [0, 0.05) is 37.8 Å². The Kier molecular flexibility index (Phi) is 20.6. The lowest BCUT2D eigenvalue weighted by Gasteiger charge is -2.31. The first-order valence-electron chi connectivity index (χ1n) is 21.5. The van der Waals surface area contributed by atoms with Crippen molar-refractivity contribution < 1.29 is 48.6 Å². The number of aliphatic carboxylic acids is 1. The van der Waals surface area contributed by atoms with Crippen molar-refractivity contribution in [3.05, 3.63) is 48.0 Å². The monoisotopic (exact) mass is 911 g/mol. The van der Waals surface area contributed by atoms with E-state index < -0.39 is 101 Å². The fourth-order valence-electron chi connectivity index (χ4n) is 7.05. The Hall–Kier alpha value is -6.78. The maximum atomic E-state index is 14.3. The molecule has 1 aromatic carbocycles. The van der Waals surface area contributed by atoms with Gasteiger partial charge in [-0.1, -0.05) is 39.8 Å². The summed E-state index contributed by atoms with van der Waals surface area (Å²) in [6, 6.07) is -2.43. The molecule has 3 rings (SSSR count). The number of nitrogens with two attached hydrogens (primary N) is 2. The van der Waals surface area contributed by atoms with Crippen molar-refractivity contribution in [2.45, 2.75) is 115 Å². The number of H-pyrrole nitrogens is 1. The number of likely N-dealkylation sites (N-methyl/N-ethyl adjacent to an activating group) is 1. The number of nitrogens with zero attached hydrogens (tertiary/aromatic N) is 3. The van der Waals surface area contributed by atoms with Gasteiger partial charge in [0.2, 0.25) is 41.4 Å². The van der Waals surface area contributed by atoms with Crippen LogP contribution in [0.15, 0.2) is 41.8 Å². The highest BCUT2D eigenvalue weighted by atomic mass is 16.4. The molecular weight excluding hydrogens is 847 g/mol. The summed E-state index contributed by atoms with van der Waals surface area (Å²) in [4.78, 5) is 120. The number of imidazole rings is 1. The van der Waals surface area contributed by atoms with E-state index in [1.54, 1.807) is 46.9 Å². The molecule has 0 saturated carbocycles. The van der Waals surface area contributed by atoms with E-state index in [1.165, 1.54) is 36.5 Å². The summed E-state index contributed by atoms with van der Waals surface area (Å²) in [7, 11) is 1.57. The number of hydrogen-bond acceptors (Lipinski definition) is 12. The molecule has 7 amide bonds. The molecule has 65 heavy (non-hydrogen) atoms. The number of aliphatic imine (C=N–C) groups is 1.